The number of carbonyl (C=O) groups is 4. The Kier molecular flexibility index (Phi) is 11.1. The van der Waals surface area contributed by atoms with Gasteiger partial charge in [0.2, 0.25) is 5.91 Å². The van der Waals surface area contributed by atoms with Gasteiger partial charge < -0.3 is 20.3 Å². The quantitative estimate of drug-likeness (QED) is 0.132. The van der Waals surface area contributed by atoms with Gasteiger partial charge in [0.25, 0.3) is 5.91 Å². The number of benzene rings is 2. The molecule has 228 valence electrons. The van der Waals surface area contributed by atoms with E-state index < -0.39 is 39.7 Å². The van der Waals surface area contributed by atoms with Crippen LogP contribution in [-0.4, -0.2) is 53.9 Å². The zero-order valence-electron chi connectivity index (χ0n) is 24.4. The molecule has 2 aliphatic rings. The number of thiazole rings is 1. The Morgan fingerprint density at radius 3 is 2.26 bits per heavy atom. The Labute approximate surface area is 324 Å². The van der Waals surface area contributed by atoms with Gasteiger partial charge in [0.1, 0.15) is 20.1 Å². The molecule has 0 radical (unpaired) electrons. The Morgan fingerprint density at radius 1 is 1.04 bits per heavy atom. The average Bonchev–Trinajstić information content (AvgIpc) is 3.72. The summed E-state index contributed by atoms with van der Waals surface area (Å²) >= 11 is 9.22. The summed E-state index contributed by atoms with van der Waals surface area (Å²) in [7, 11) is 0. The first kappa shape index (κ1) is 34.8. The summed E-state index contributed by atoms with van der Waals surface area (Å²) in [6.45, 7) is 0. The van der Waals surface area contributed by atoms with Crippen LogP contribution in [0.2, 0.25) is 0 Å². The van der Waals surface area contributed by atoms with Gasteiger partial charge in [-0.15, -0.1) is 11.3 Å². The molecule has 0 bridgehead atoms. The van der Waals surface area contributed by atoms with Crippen LogP contribution >= 0.6 is 46.7 Å². The van der Waals surface area contributed by atoms with E-state index in [1.165, 1.54) is 23.1 Å². The van der Waals surface area contributed by atoms with Crippen molar-refractivity contribution in [2.75, 3.05) is 0 Å². The Balaban J connectivity index is 0.00000417. The van der Waals surface area contributed by atoms with Crippen molar-refractivity contribution < 1.29 is 80.8 Å². The third-order valence-corrected chi connectivity index (χ3v) is 11.3. The smallest absolute Gasteiger partial charge is 0.543 e. The number of aryl methyl sites for hydroxylation is 1. The SMILES string of the molecule is O=C(O)CCc1csc(C2=C(C(=O)[O-])N3C(=O)C(=S)[C@@H]3SC2(NC(=O)Cc2ccsc2)C(c2ccccc2)c2ccccc2)n1.[K+]. The minimum atomic E-state index is -1.62. The second-order valence-corrected chi connectivity index (χ2v) is 13.8. The van der Waals surface area contributed by atoms with Crippen molar-refractivity contribution in [1.29, 1.82) is 0 Å². The molecule has 6 rings (SSSR count). The van der Waals surface area contributed by atoms with Crippen molar-refractivity contribution in [3.05, 3.63) is 116 Å². The van der Waals surface area contributed by atoms with Gasteiger partial charge in [-0.25, -0.2) is 4.98 Å². The molecule has 2 N–H and O–H groups in total. The monoisotopic (exact) mass is 713 g/mol. The van der Waals surface area contributed by atoms with Crippen LogP contribution in [0.25, 0.3) is 5.57 Å². The third kappa shape index (κ3) is 6.73. The molecular formula is C32H24KN3O6S4. The molecule has 0 spiro atoms. The third-order valence-electron chi connectivity index (χ3n) is 7.53. The van der Waals surface area contributed by atoms with Crippen LogP contribution in [0.3, 0.4) is 0 Å². The molecule has 46 heavy (non-hydrogen) atoms. The average molecular weight is 714 g/mol. The first-order valence-electron chi connectivity index (χ1n) is 13.8. The van der Waals surface area contributed by atoms with Gasteiger partial charge in [-0.2, -0.15) is 11.3 Å². The zero-order chi connectivity index (χ0) is 31.7. The van der Waals surface area contributed by atoms with Gasteiger partial charge in [0.15, 0.2) is 0 Å². The van der Waals surface area contributed by atoms with Crippen molar-refractivity contribution in [3.8, 4) is 0 Å². The molecule has 9 nitrogen and oxygen atoms in total. The van der Waals surface area contributed by atoms with E-state index in [1.807, 2.05) is 77.5 Å². The van der Waals surface area contributed by atoms with Crippen molar-refractivity contribution in [2.24, 2.45) is 0 Å². The number of thiophene rings is 1. The standard InChI is InChI=1S/C32H25N3O6S4.K/c36-22(15-18-13-14-43-16-18)34-32(24(19-7-3-1-4-8-19)20-9-5-2-6-10-20)25(28-33-21(17-44-28)11-12-23(37)38)26(31(40)41)35-29(39)27(42)30(35)45-32;/h1-10,13-14,16-17,24,30H,11-12,15H2,(H,34,36)(H,37,38)(H,40,41);/q;+1/p-1/t30-,32?;/m0./s1. The van der Waals surface area contributed by atoms with Gasteiger partial charge in [-0.05, 0) is 33.5 Å². The molecule has 1 fully saturated rings. The second-order valence-electron chi connectivity index (χ2n) is 10.4. The number of β-lactam (4-membered cyclic amide) rings is 1. The number of aliphatic carboxylic acids is 2. The molecule has 2 amide bonds. The number of hydrogen-bond acceptors (Lipinski definition) is 10. The van der Waals surface area contributed by atoms with Gasteiger partial charge in [0.05, 0.1) is 35.8 Å². The number of fused-ring (bicyclic) bond motifs is 1. The van der Waals surface area contributed by atoms with Crippen LogP contribution < -0.4 is 61.8 Å². The van der Waals surface area contributed by atoms with Gasteiger partial charge in [0, 0.05) is 17.7 Å². The Hall–Kier alpha value is -2.53. The zero-order valence-corrected chi connectivity index (χ0v) is 30.8. The number of amides is 2. The van der Waals surface area contributed by atoms with E-state index in [0.29, 0.717) is 5.69 Å². The maximum atomic E-state index is 14.0. The summed E-state index contributed by atoms with van der Waals surface area (Å²) in [6.07, 6.45) is -0.0411. The van der Waals surface area contributed by atoms with Gasteiger partial charge in [-0.3, -0.25) is 19.3 Å². The molecule has 2 aromatic heterocycles. The van der Waals surface area contributed by atoms with E-state index in [9.17, 15) is 29.4 Å². The number of hydrogen-bond donors (Lipinski definition) is 2. The van der Waals surface area contributed by atoms with Gasteiger partial charge >= 0.3 is 57.4 Å². The van der Waals surface area contributed by atoms with Crippen LogP contribution in [0.5, 0.6) is 0 Å². The summed E-state index contributed by atoms with van der Waals surface area (Å²) in [5, 5.41) is 30.3. The number of thiocarbonyl (C=S) groups is 1. The topological polar surface area (TPSA) is 140 Å². The van der Waals surface area contributed by atoms with Crippen molar-refractivity contribution in [3.63, 3.8) is 0 Å². The minimum absolute atomic E-state index is 0. The molecule has 0 saturated carbocycles. The van der Waals surface area contributed by atoms with Crippen LogP contribution in [0.4, 0.5) is 0 Å². The number of aromatic nitrogens is 1. The summed E-state index contributed by atoms with van der Waals surface area (Å²) in [4.78, 5) is 55.8. The van der Waals surface area contributed by atoms with Crippen molar-refractivity contribution in [1.82, 2.24) is 15.2 Å². The summed E-state index contributed by atoms with van der Waals surface area (Å²) < 4.78 is 0. The van der Waals surface area contributed by atoms with E-state index in [2.05, 4.69) is 10.3 Å². The maximum absolute atomic E-state index is 14.0. The summed E-state index contributed by atoms with van der Waals surface area (Å²) in [5.41, 5.74) is 2.43. The molecule has 14 heteroatoms. The molecule has 0 aliphatic carbocycles. The Morgan fingerprint density at radius 2 is 1.70 bits per heavy atom. The fraction of sp³-hybridized carbons (Fsp3) is 0.188. The van der Waals surface area contributed by atoms with E-state index in [4.69, 9.17) is 12.2 Å². The largest absolute Gasteiger partial charge is 1.00 e. The molecule has 2 aliphatic heterocycles. The van der Waals surface area contributed by atoms with E-state index in [1.54, 1.807) is 5.38 Å². The fourth-order valence-electron chi connectivity index (χ4n) is 5.63. The molecule has 1 saturated heterocycles. The predicted molar refractivity (Wildman–Crippen MR) is 174 cm³/mol. The maximum Gasteiger partial charge on any atom is 1.00 e. The first-order chi connectivity index (χ1) is 21.7. The van der Waals surface area contributed by atoms with E-state index >= 15 is 0 Å². The minimum Gasteiger partial charge on any atom is -0.543 e. The molecule has 4 heterocycles. The number of thioether (sulfide) groups is 1. The molecule has 4 aromatic rings. The second kappa shape index (κ2) is 14.7. The fourth-order valence-corrected chi connectivity index (χ4v) is 9.43. The number of carboxylic acids is 2. The number of carbonyl (C=O) groups excluding carboxylic acids is 3. The van der Waals surface area contributed by atoms with Crippen molar-refractivity contribution in [2.45, 2.75) is 35.4 Å². The van der Waals surface area contributed by atoms with Crippen molar-refractivity contribution >= 4 is 80.8 Å². The normalized spacial score (nSPS) is 18.9. The first-order valence-corrected chi connectivity index (χ1v) is 16.9. The molecular weight excluding hydrogens is 690 g/mol. The number of carboxylic acid groups (broad SMARTS) is 2. The van der Waals surface area contributed by atoms with Crippen LogP contribution in [0, 0.1) is 0 Å². The predicted octanol–water partition coefficient (Wildman–Crippen LogP) is 0.859. The van der Waals surface area contributed by atoms with Crippen LogP contribution in [0.1, 0.15) is 39.7 Å². The van der Waals surface area contributed by atoms with E-state index in [-0.39, 0.29) is 92.0 Å². The number of nitrogens with one attached hydrogen (secondary N) is 1. The molecule has 2 atom stereocenters. The van der Waals surface area contributed by atoms with Crippen LogP contribution in [0.15, 0.2) is 88.6 Å². The number of rotatable bonds is 11. The summed E-state index contributed by atoms with van der Waals surface area (Å²) in [6, 6.07) is 20.6. The van der Waals surface area contributed by atoms with Gasteiger partial charge in [-0.1, -0.05) is 84.6 Å². The van der Waals surface area contributed by atoms with Crippen LogP contribution in [-0.2, 0) is 32.0 Å². The van der Waals surface area contributed by atoms with E-state index in [0.717, 1.165) is 32.9 Å². The Bertz CT molecular complexity index is 1790. The number of nitrogens with zero attached hydrogens (tertiary/aromatic N) is 2. The summed E-state index contributed by atoms with van der Waals surface area (Å²) in [5.74, 6) is -4.31. The molecule has 2 aromatic carbocycles. The molecule has 1 unspecified atom stereocenters.